The van der Waals surface area contributed by atoms with Gasteiger partial charge in [-0.05, 0) is 12.3 Å². The van der Waals surface area contributed by atoms with E-state index in [0.717, 1.165) is 5.56 Å². The number of rotatable bonds is 4. The third kappa shape index (κ3) is 3.49. The standard InChI is InChI=1S/C16H14F3N3O/c17-16(18,19)13-6-11(13)7-21-15(23)12-8-20-9-22-14(12)10-4-2-1-3-5-10/h1-5,8-9,11,13H,6-7H2,(H,21,23)/t11-,13+/m0/s1. The summed E-state index contributed by atoms with van der Waals surface area (Å²) < 4.78 is 37.5. The second-order valence-electron chi connectivity index (χ2n) is 5.50. The van der Waals surface area contributed by atoms with Crippen molar-refractivity contribution in [1.82, 2.24) is 15.3 Å². The summed E-state index contributed by atoms with van der Waals surface area (Å²) in [6, 6.07) is 9.09. The second kappa shape index (κ2) is 5.98. The number of amides is 1. The summed E-state index contributed by atoms with van der Waals surface area (Å²) in [5.41, 5.74) is 1.46. The van der Waals surface area contributed by atoms with Crippen molar-refractivity contribution in [2.45, 2.75) is 12.6 Å². The second-order valence-corrected chi connectivity index (χ2v) is 5.50. The molecule has 1 fully saturated rings. The SMILES string of the molecule is O=C(NC[C@@H]1C[C@H]1C(F)(F)F)c1cncnc1-c1ccccc1. The lowest BCUT2D eigenvalue weighted by molar-refractivity contribution is -0.150. The van der Waals surface area contributed by atoms with Gasteiger partial charge in [0.05, 0.1) is 17.2 Å². The molecular weight excluding hydrogens is 307 g/mol. The molecule has 1 aliphatic rings. The van der Waals surface area contributed by atoms with Gasteiger partial charge in [-0.2, -0.15) is 13.2 Å². The van der Waals surface area contributed by atoms with Gasteiger partial charge in [0, 0.05) is 18.3 Å². The Morgan fingerprint density at radius 3 is 2.65 bits per heavy atom. The normalized spacial score (nSPS) is 20.1. The van der Waals surface area contributed by atoms with Crippen LogP contribution in [0.25, 0.3) is 11.3 Å². The Morgan fingerprint density at radius 2 is 2.00 bits per heavy atom. The molecular formula is C16H14F3N3O. The number of carbonyl (C=O) groups excluding carboxylic acids is 1. The van der Waals surface area contributed by atoms with Gasteiger partial charge in [0.2, 0.25) is 0 Å². The van der Waals surface area contributed by atoms with Crippen molar-refractivity contribution in [1.29, 1.82) is 0 Å². The Morgan fingerprint density at radius 1 is 1.26 bits per heavy atom. The molecule has 0 saturated heterocycles. The van der Waals surface area contributed by atoms with Gasteiger partial charge in [-0.15, -0.1) is 0 Å². The van der Waals surface area contributed by atoms with Crippen LogP contribution in [-0.4, -0.2) is 28.6 Å². The van der Waals surface area contributed by atoms with Crippen molar-refractivity contribution < 1.29 is 18.0 Å². The highest BCUT2D eigenvalue weighted by molar-refractivity contribution is 5.99. The molecule has 1 N–H and O–H groups in total. The quantitative estimate of drug-likeness (QED) is 0.941. The lowest BCUT2D eigenvalue weighted by Crippen LogP contribution is -2.28. The first kappa shape index (κ1) is 15.5. The molecule has 120 valence electrons. The smallest absolute Gasteiger partial charge is 0.352 e. The van der Waals surface area contributed by atoms with Crippen molar-refractivity contribution in [3.05, 3.63) is 48.4 Å². The van der Waals surface area contributed by atoms with Crippen molar-refractivity contribution in [2.24, 2.45) is 11.8 Å². The number of hydrogen-bond acceptors (Lipinski definition) is 3. The van der Waals surface area contributed by atoms with Gasteiger partial charge in [0.15, 0.2) is 0 Å². The van der Waals surface area contributed by atoms with E-state index >= 15 is 0 Å². The highest BCUT2D eigenvalue weighted by Gasteiger charge is 2.55. The molecule has 2 atom stereocenters. The number of nitrogens with one attached hydrogen (secondary N) is 1. The number of carbonyl (C=O) groups is 1. The summed E-state index contributed by atoms with van der Waals surface area (Å²) in [4.78, 5) is 20.2. The zero-order valence-corrected chi connectivity index (χ0v) is 12.0. The summed E-state index contributed by atoms with van der Waals surface area (Å²) in [6.45, 7) is 0.00609. The molecule has 2 aromatic rings. The van der Waals surface area contributed by atoms with E-state index in [0.29, 0.717) is 5.69 Å². The Labute approximate surface area is 130 Å². The lowest BCUT2D eigenvalue weighted by Gasteiger charge is -2.09. The van der Waals surface area contributed by atoms with Crippen LogP contribution in [0.1, 0.15) is 16.8 Å². The van der Waals surface area contributed by atoms with E-state index in [1.165, 1.54) is 12.5 Å². The van der Waals surface area contributed by atoms with Crippen LogP contribution in [-0.2, 0) is 0 Å². The van der Waals surface area contributed by atoms with Gasteiger partial charge in [-0.25, -0.2) is 9.97 Å². The Kier molecular flexibility index (Phi) is 4.02. The molecule has 1 aromatic carbocycles. The van der Waals surface area contributed by atoms with Crippen molar-refractivity contribution in [2.75, 3.05) is 6.54 Å². The predicted molar refractivity (Wildman–Crippen MR) is 77.5 cm³/mol. The Balaban J connectivity index is 1.69. The molecule has 1 aromatic heterocycles. The number of aromatic nitrogens is 2. The maximum absolute atomic E-state index is 12.5. The van der Waals surface area contributed by atoms with Crippen molar-refractivity contribution in [3.8, 4) is 11.3 Å². The number of nitrogens with zero attached hydrogens (tertiary/aromatic N) is 2. The molecule has 1 aliphatic carbocycles. The fraction of sp³-hybridized carbons (Fsp3) is 0.312. The van der Waals surface area contributed by atoms with Gasteiger partial charge < -0.3 is 5.32 Å². The average molecular weight is 321 g/mol. The van der Waals surface area contributed by atoms with Crippen molar-refractivity contribution >= 4 is 5.91 Å². The molecule has 1 heterocycles. The molecule has 0 radical (unpaired) electrons. The first-order valence-electron chi connectivity index (χ1n) is 7.17. The predicted octanol–water partition coefficient (Wildman–Crippen LogP) is 3.07. The molecule has 0 bridgehead atoms. The van der Waals surface area contributed by atoms with E-state index in [1.807, 2.05) is 18.2 Å². The van der Waals surface area contributed by atoms with Crippen LogP contribution in [0.4, 0.5) is 13.2 Å². The highest BCUT2D eigenvalue weighted by atomic mass is 19.4. The maximum Gasteiger partial charge on any atom is 0.392 e. The van der Waals surface area contributed by atoms with Crippen LogP contribution >= 0.6 is 0 Å². The minimum absolute atomic E-state index is 0.00609. The number of benzene rings is 1. The van der Waals surface area contributed by atoms with Gasteiger partial charge in [0.1, 0.15) is 6.33 Å². The molecule has 4 nitrogen and oxygen atoms in total. The first-order valence-corrected chi connectivity index (χ1v) is 7.17. The molecule has 0 aliphatic heterocycles. The van der Waals surface area contributed by atoms with Crippen LogP contribution in [0.15, 0.2) is 42.9 Å². The van der Waals surface area contributed by atoms with Gasteiger partial charge in [0.25, 0.3) is 5.91 Å². The van der Waals surface area contributed by atoms with Crippen LogP contribution in [0.2, 0.25) is 0 Å². The van der Waals surface area contributed by atoms with Gasteiger partial charge >= 0.3 is 6.18 Å². The minimum Gasteiger partial charge on any atom is -0.352 e. The third-order valence-corrected chi connectivity index (χ3v) is 3.87. The minimum atomic E-state index is -4.18. The lowest BCUT2D eigenvalue weighted by atomic mass is 10.1. The van der Waals surface area contributed by atoms with Crippen LogP contribution in [0.5, 0.6) is 0 Å². The van der Waals surface area contributed by atoms with Crippen molar-refractivity contribution in [3.63, 3.8) is 0 Å². The van der Waals surface area contributed by atoms with E-state index in [9.17, 15) is 18.0 Å². The summed E-state index contributed by atoms with van der Waals surface area (Å²) in [5.74, 6) is -2.30. The summed E-state index contributed by atoms with van der Waals surface area (Å²) in [5, 5.41) is 2.55. The summed E-state index contributed by atoms with van der Waals surface area (Å²) in [7, 11) is 0. The van der Waals surface area contributed by atoms with E-state index < -0.39 is 23.9 Å². The van der Waals surface area contributed by atoms with Gasteiger partial charge in [-0.1, -0.05) is 30.3 Å². The third-order valence-electron chi connectivity index (χ3n) is 3.87. The first-order chi connectivity index (χ1) is 11.0. The molecule has 0 spiro atoms. The molecule has 1 amide bonds. The largest absolute Gasteiger partial charge is 0.392 e. The zero-order valence-electron chi connectivity index (χ0n) is 12.0. The molecule has 3 rings (SSSR count). The van der Waals surface area contributed by atoms with E-state index in [2.05, 4.69) is 15.3 Å². The number of hydrogen-bond donors (Lipinski definition) is 1. The molecule has 23 heavy (non-hydrogen) atoms. The highest BCUT2D eigenvalue weighted by Crippen LogP contribution is 2.49. The number of halogens is 3. The Bertz CT molecular complexity index is 703. The maximum atomic E-state index is 12.5. The molecule has 7 heteroatoms. The summed E-state index contributed by atoms with van der Waals surface area (Å²) in [6.07, 6.45) is -1.40. The van der Waals surface area contributed by atoms with Crippen LogP contribution < -0.4 is 5.32 Å². The van der Waals surface area contributed by atoms with E-state index in [4.69, 9.17) is 0 Å². The monoisotopic (exact) mass is 321 g/mol. The van der Waals surface area contributed by atoms with Crippen LogP contribution in [0, 0.1) is 11.8 Å². The van der Waals surface area contributed by atoms with Gasteiger partial charge in [-0.3, -0.25) is 4.79 Å². The van der Waals surface area contributed by atoms with E-state index in [-0.39, 0.29) is 18.5 Å². The van der Waals surface area contributed by atoms with Crippen LogP contribution in [0.3, 0.4) is 0 Å². The molecule has 0 unspecified atom stereocenters. The fourth-order valence-electron chi connectivity index (χ4n) is 2.51. The average Bonchev–Trinajstić information content (AvgIpc) is 3.33. The topological polar surface area (TPSA) is 54.9 Å². The van der Waals surface area contributed by atoms with E-state index in [1.54, 1.807) is 12.1 Å². The Hall–Kier alpha value is -2.44. The number of alkyl halides is 3. The summed E-state index contributed by atoms with van der Waals surface area (Å²) >= 11 is 0. The zero-order chi connectivity index (χ0) is 16.4. The fourth-order valence-corrected chi connectivity index (χ4v) is 2.51. The molecule has 1 saturated carbocycles.